The van der Waals surface area contributed by atoms with Gasteiger partial charge in [0, 0.05) is 4.47 Å². The predicted octanol–water partition coefficient (Wildman–Crippen LogP) is 2.40. The fourth-order valence-corrected chi connectivity index (χ4v) is 1.63. The summed E-state index contributed by atoms with van der Waals surface area (Å²) in [6.07, 6.45) is -0.535. The van der Waals surface area contributed by atoms with E-state index in [0.717, 1.165) is 10.0 Å². The zero-order chi connectivity index (χ0) is 12.9. The van der Waals surface area contributed by atoms with Gasteiger partial charge in [-0.1, -0.05) is 28.1 Å². The molecule has 0 fully saturated rings. The van der Waals surface area contributed by atoms with Crippen LogP contribution in [0.15, 0.2) is 28.7 Å². The molecule has 0 aliphatic heterocycles. The first-order valence-electron chi connectivity index (χ1n) is 5.27. The highest BCUT2D eigenvalue weighted by molar-refractivity contribution is 9.10. The molecule has 2 N–H and O–H groups in total. The Morgan fingerprint density at radius 1 is 1.41 bits per heavy atom. The molecule has 94 valence electrons. The van der Waals surface area contributed by atoms with Crippen LogP contribution >= 0.6 is 15.9 Å². The second-order valence-electron chi connectivity index (χ2n) is 4.12. The molecule has 0 aliphatic rings. The first kappa shape index (κ1) is 14.0. The summed E-state index contributed by atoms with van der Waals surface area (Å²) in [6.45, 7) is 3.60. The second-order valence-corrected chi connectivity index (χ2v) is 5.03. The van der Waals surface area contributed by atoms with Crippen LogP contribution in [0.25, 0.3) is 0 Å². The zero-order valence-electron chi connectivity index (χ0n) is 9.87. The Morgan fingerprint density at radius 2 is 2.00 bits per heavy atom. The van der Waals surface area contributed by atoms with Crippen molar-refractivity contribution in [3.63, 3.8) is 0 Å². The van der Waals surface area contributed by atoms with E-state index in [1.54, 1.807) is 0 Å². The fourth-order valence-electron chi connectivity index (χ4n) is 1.37. The molecule has 0 unspecified atom stereocenters. The lowest BCUT2D eigenvalue weighted by atomic mass is 9.95. The van der Waals surface area contributed by atoms with Crippen molar-refractivity contribution in [2.24, 2.45) is 0 Å². The number of halogens is 1. The van der Waals surface area contributed by atoms with E-state index < -0.39 is 11.6 Å². The highest BCUT2D eigenvalue weighted by Crippen LogP contribution is 2.22. The molecule has 0 radical (unpaired) electrons. The van der Waals surface area contributed by atoms with Crippen molar-refractivity contribution in [3.8, 4) is 0 Å². The lowest BCUT2D eigenvalue weighted by Crippen LogP contribution is -2.41. The molecule has 1 aromatic rings. The van der Waals surface area contributed by atoms with Gasteiger partial charge in [0.15, 0.2) is 0 Å². The molecule has 0 saturated heterocycles. The van der Waals surface area contributed by atoms with Gasteiger partial charge < -0.3 is 15.2 Å². The SMILES string of the molecule is CC(C)(NC(=O)OCCO)c1ccc(Br)cc1. The van der Waals surface area contributed by atoms with Gasteiger partial charge in [-0.3, -0.25) is 0 Å². The van der Waals surface area contributed by atoms with E-state index in [4.69, 9.17) is 9.84 Å². The van der Waals surface area contributed by atoms with Crippen LogP contribution in [-0.2, 0) is 10.3 Å². The molecule has 0 aromatic heterocycles. The summed E-state index contributed by atoms with van der Waals surface area (Å²) < 4.78 is 5.75. The van der Waals surface area contributed by atoms with Gasteiger partial charge in [0.2, 0.25) is 0 Å². The van der Waals surface area contributed by atoms with Crippen LogP contribution in [0.1, 0.15) is 19.4 Å². The number of rotatable bonds is 4. The van der Waals surface area contributed by atoms with Crippen molar-refractivity contribution in [1.29, 1.82) is 0 Å². The summed E-state index contributed by atoms with van der Waals surface area (Å²) in [6, 6.07) is 7.68. The molecule has 0 bridgehead atoms. The largest absolute Gasteiger partial charge is 0.447 e. The van der Waals surface area contributed by atoms with Crippen LogP contribution in [0.3, 0.4) is 0 Å². The molecular weight excluding hydrogens is 286 g/mol. The van der Waals surface area contributed by atoms with E-state index in [9.17, 15) is 4.79 Å². The zero-order valence-corrected chi connectivity index (χ0v) is 11.5. The van der Waals surface area contributed by atoms with E-state index in [2.05, 4.69) is 21.2 Å². The molecule has 4 nitrogen and oxygen atoms in total. The van der Waals surface area contributed by atoms with E-state index in [1.807, 2.05) is 38.1 Å². The molecule has 0 atom stereocenters. The average Bonchev–Trinajstić information content (AvgIpc) is 2.26. The summed E-state index contributed by atoms with van der Waals surface area (Å²) in [7, 11) is 0. The first-order chi connectivity index (χ1) is 7.95. The van der Waals surface area contributed by atoms with Gasteiger partial charge in [-0.15, -0.1) is 0 Å². The molecule has 1 amide bonds. The number of hydrogen-bond donors (Lipinski definition) is 2. The third-order valence-corrected chi connectivity index (χ3v) is 2.83. The molecular formula is C12H16BrNO3. The molecule has 0 spiro atoms. The Hall–Kier alpha value is -1.07. The van der Waals surface area contributed by atoms with Gasteiger partial charge in [-0.2, -0.15) is 0 Å². The van der Waals surface area contributed by atoms with Crippen LogP contribution in [0.4, 0.5) is 4.79 Å². The maximum absolute atomic E-state index is 11.4. The van der Waals surface area contributed by atoms with E-state index in [1.165, 1.54) is 0 Å². The Labute approximate surface area is 109 Å². The number of carbonyl (C=O) groups excluding carboxylic acids is 1. The minimum Gasteiger partial charge on any atom is -0.447 e. The second kappa shape index (κ2) is 6.02. The first-order valence-corrected chi connectivity index (χ1v) is 6.07. The highest BCUT2D eigenvalue weighted by Gasteiger charge is 2.23. The molecule has 1 aromatic carbocycles. The van der Waals surface area contributed by atoms with Gasteiger partial charge in [-0.05, 0) is 31.5 Å². The van der Waals surface area contributed by atoms with E-state index >= 15 is 0 Å². The van der Waals surface area contributed by atoms with Crippen LogP contribution in [0.2, 0.25) is 0 Å². The lowest BCUT2D eigenvalue weighted by molar-refractivity contribution is 0.111. The maximum Gasteiger partial charge on any atom is 0.407 e. The van der Waals surface area contributed by atoms with E-state index in [0.29, 0.717) is 0 Å². The number of benzene rings is 1. The van der Waals surface area contributed by atoms with Crippen LogP contribution < -0.4 is 5.32 Å². The number of carbonyl (C=O) groups is 1. The fraction of sp³-hybridized carbons (Fsp3) is 0.417. The number of ether oxygens (including phenoxy) is 1. The normalized spacial score (nSPS) is 11.1. The van der Waals surface area contributed by atoms with Gasteiger partial charge in [0.05, 0.1) is 12.1 Å². The van der Waals surface area contributed by atoms with Crippen molar-refractivity contribution >= 4 is 22.0 Å². The number of amides is 1. The van der Waals surface area contributed by atoms with Crippen LogP contribution in [-0.4, -0.2) is 24.4 Å². The van der Waals surface area contributed by atoms with Crippen LogP contribution in [0.5, 0.6) is 0 Å². The third kappa shape index (κ3) is 4.36. The summed E-state index contributed by atoms with van der Waals surface area (Å²) in [5.41, 5.74) is 0.453. The molecule has 17 heavy (non-hydrogen) atoms. The van der Waals surface area contributed by atoms with E-state index in [-0.39, 0.29) is 13.2 Å². The van der Waals surface area contributed by atoms with Crippen molar-refractivity contribution in [2.45, 2.75) is 19.4 Å². The Morgan fingerprint density at radius 3 is 2.53 bits per heavy atom. The van der Waals surface area contributed by atoms with Gasteiger partial charge >= 0.3 is 6.09 Å². The van der Waals surface area contributed by atoms with Crippen molar-refractivity contribution in [1.82, 2.24) is 5.32 Å². The Balaban J connectivity index is 2.67. The average molecular weight is 302 g/mol. The summed E-state index contributed by atoms with van der Waals surface area (Å²) in [5.74, 6) is 0. The van der Waals surface area contributed by atoms with Gasteiger partial charge in [0.1, 0.15) is 6.61 Å². The summed E-state index contributed by atoms with van der Waals surface area (Å²) in [4.78, 5) is 11.4. The quantitative estimate of drug-likeness (QED) is 0.898. The molecule has 0 aliphatic carbocycles. The number of aliphatic hydroxyl groups excluding tert-OH is 1. The van der Waals surface area contributed by atoms with Gasteiger partial charge in [-0.25, -0.2) is 4.79 Å². The summed E-state index contributed by atoms with van der Waals surface area (Å²) in [5, 5.41) is 11.3. The van der Waals surface area contributed by atoms with Crippen molar-refractivity contribution in [3.05, 3.63) is 34.3 Å². The Kier molecular flexibility index (Phi) is 4.96. The monoisotopic (exact) mass is 301 g/mol. The molecule has 0 heterocycles. The standard InChI is InChI=1S/C12H16BrNO3/c1-12(2,14-11(16)17-8-7-15)9-3-5-10(13)6-4-9/h3-6,15H,7-8H2,1-2H3,(H,14,16). The number of hydrogen-bond acceptors (Lipinski definition) is 3. The number of aliphatic hydroxyl groups is 1. The minimum absolute atomic E-state index is 0.00223. The maximum atomic E-state index is 11.4. The highest BCUT2D eigenvalue weighted by atomic mass is 79.9. The summed E-state index contributed by atoms with van der Waals surface area (Å²) >= 11 is 3.36. The lowest BCUT2D eigenvalue weighted by Gasteiger charge is -2.26. The van der Waals surface area contributed by atoms with Gasteiger partial charge in [0.25, 0.3) is 0 Å². The van der Waals surface area contributed by atoms with Crippen molar-refractivity contribution < 1.29 is 14.6 Å². The molecule has 5 heteroatoms. The third-order valence-electron chi connectivity index (χ3n) is 2.30. The number of nitrogens with one attached hydrogen (secondary N) is 1. The topological polar surface area (TPSA) is 58.6 Å². The smallest absolute Gasteiger partial charge is 0.407 e. The molecule has 0 saturated carbocycles. The predicted molar refractivity (Wildman–Crippen MR) is 68.7 cm³/mol. The van der Waals surface area contributed by atoms with Crippen molar-refractivity contribution in [2.75, 3.05) is 13.2 Å². The Bertz CT molecular complexity index is 376. The number of alkyl carbamates (subject to hydrolysis) is 1. The minimum atomic E-state index is -0.535. The van der Waals surface area contributed by atoms with Crippen LogP contribution in [0, 0.1) is 0 Å². The molecule has 1 rings (SSSR count).